The second kappa shape index (κ2) is 7.06. The molecule has 0 radical (unpaired) electrons. The maximum atomic E-state index is 5.73. The van der Waals surface area contributed by atoms with E-state index in [0.717, 1.165) is 32.4 Å². The molecule has 0 aromatic carbocycles. The summed E-state index contributed by atoms with van der Waals surface area (Å²) < 4.78 is 7.69. The summed E-state index contributed by atoms with van der Waals surface area (Å²) in [5, 5.41) is 8.03. The van der Waals surface area contributed by atoms with E-state index in [1.165, 1.54) is 24.1 Å². The minimum absolute atomic E-state index is 0.415. The Hall–Kier alpha value is -0.870. The largest absolute Gasteiger partial charge is 0.378 e. The Kier molecular flexibility index (Phi) is 5.40. The number of aromatic nitrogens is 2. The fourth-order valence-electron chi connectivity index (χ4n) is 2.77. The maximum absolute atomic E-state index is 5.73. The van der Waals surface area contributed by atoms with E-state index in [1.807, 2.05) is 17.9 Å². The maximum Gasteiger partial charge on any atom is 0.0576 e. The first-order valence-corrected chi connectivity index (χ1v) is 7.55. The van der Waals surface area contributed by atoms with E-state index in [4.69, 9.17) is 4.74 Å². The minimum atomic E-state index is 0.415. The van der Waals surface area contributed by atoms with Gasteiger partial charge in [-0.2, -0.15) is 5.10 Å². The van der Waals surface area contributed by atoms with Crippen LogP contribution in [0.2, 0.25) is 0 Å². The summed E-state index contributed by atoms with van der Waals surface area (Å²) in [5.74, 6) is 0. The zero-order chi connectivity index (χ0) is 13.7. The van der Waals surface area contributed by atoms with Gasteiger partial charge in [0.25, 0.3) is 0 Å². The number of nitrogens with one attached hydrogen (secondary N) is 1. The standard InChI is InChI=1S/C15H27N3O/c1-4-9-16-15(8-7-13-6-5-10-19-13)14-11-17-18(3)12(14)2/h11,13,15-16H,4-10H2,1-3H3. The van der Waals surface area contributed by atoms with Gasteiger partial charge in [0, 0.05) is 31.0 Å². The molecule has 0 amide bonds. The first-order chi connectivity index (χ1) is 9.22. The molecule has 19 heavy (non-hydrogen) atoms. The summed E-state index contributed by atoms with van der Waals surface area (Å²) in [6.45, 7) is 6.36. The van der Waals surface area contributed by atoms with E-state index < -0.39 is 0 Å². The normalized spacial score (nSPS) is 20.9. The lowest BCUT2D eigenvalue weighted by Gasteiger charge is -2.20. The van der Waals surface area contributed by atoms with Gasteiger partial charge in [-0.25, -0.2) is 0 Å². The predicted octanol–water partition coefficient (Wildman–Crippen LogP) is 2.73. The molecule has 0 aliphatic carbocycles. The first-order valence-electron chi connectivity index (χ1n) is 7.55. The van der Waals surface area contributed by atoms with Crippen molar-refractivity contribution in [2.75, 3.05) is 13.2 Å². The Morgan fingerprint density at radius 2 is 2.42 bits per heavy atom. The van der Waals surface area contributed by atoms with Gasteiger partial charge in [-0.05, 0) is 45.6 Å². The molecule has 1 aromatic heterocycles. The SMILES string of the molecule is CCCNC(CCC1CCCO1)c1cnn(C)c1C. The number of ether oxygens (including phenoxy) is 1. The van der Waals surface area contributed by atoms with E-state index in [1.54, 1.807) is 0 Å². The van der Waals surface area contributed by atoms with Gasteiger partial charge in [0.1, 0.15) is 0 Å². The quantitative estimate of drug-likeness (QED) is 0.824. The summed E-state index contributed by atoms with van der Waals surface area (Å²) in [7, 11) is 2.01. The van der Waals surface area contributed by atoms with Crippen LogP contribution in [-0.4, -0.2) is 29.0 Å². The van der Waals surface area contributed by atoms with E-state index in [-0.39, 0.29) is 0 Å². The number of rotatable bonds is 7. The highest BCUT2D eigenvalue weighted by Gasteiger charge is 2.20. The van der Waals surface area contributed by atoms with Crippen molar-refractivity contribution in [3.05, 3.63) is 17.5 Å². The lowest BCUT2D eigenvalue weighted by Crippen LogP contribution is -2.24. The summed E-state index contributed by atoms with van der Waals surface area (Å²) >= 11 is 0. The van der Waals surface area contributed by atoms with Gasteiger partial charge < -0.3 is 10.1 Å². The molecular weight excluding hydrogens is 238 g/mol. The zero-order valence-corrected chi connectivity index (χ0v) is 12.5. The molecule has 2 atom stereocenters. The van der Waals surface area contributed by atoms with Gasteiger partial charge in [0.15, 0.2) is 0 Å². The molecule has 1 fully saturated rings. The molecule has 0 bridgehead atoms. The second-order valence-electron chi connectivity index (χ2n) is 5.53. The summed E-state index contributed by atoms with van der Waals surface area (Å²) in [4.78, 5) is 0. The van der Waals surface area contributed by atoms with E-state index in [9.17, 15) is 0 Å². The van der Waals surface area contributed by atoms with Crippen molar-refractivity contribution in [1.82, 2.24) is 15.1 Å². The third-order valence-electron chi connectivity index (χ3n) is 4.09. The van der Waals surface area contributed by atoms with Crippen LogP contribution < -0.4 is 5.32 Å². The molecule has 1 saturated heterocycles. The smallest absolute Gasteiger partial charge is 0.0576 e. The van der Waals surface area contributed by atoms with Crippen molar-refractivity contribution in [2.45, 2.75) is 58.1 Å². The molecule has 2 unspecified atom stereocenters. The molecular formula is C15H27N3O. The van der Waals surface area contributed by atoms with Crippen LogP contribution in [-0.2, 0) is 11.8 Å². The number of nitrogens with zero attached hydrogens (tertiary/aromatic N) is 2. The topological polar surface area (TPSA) is 39.1 Å². The van der Waals surface area contributed by atoms with Crippen molar-refractivity contribution >= 4 is 0 Å². The lowest BCUT2D eigenvalue weighted by molar-refractivity contribution is 0.0995. The van der Waals surface area contributed by atoms with Crippen molar-refractivity contribution < 1.29 is 4.74 Å². The van der Waals surface area contributed by atoms with Crippen LogP contribution in [0.15, 0.2) is 6.20 Å². The Morgan fingerprint density at radius 1 is 1.58 bits per heavy atom. The van der Waals surface area contributed by atoms with Crippen molar-refractivity contribution in [2.24, 2.45) is 7.05 Å². The second-order valence-corrected chi connectivity index (χ2v) is 5.53. The lowest BCUT2D eigenvalue weighted by atomic mass is 9.99. The summed E-state index contributed by atoms with van der Waals surface area (Å²) in [6.07, 6.45) is 8.39. The highest BCUT2D eigenvalue weighted by molar-refractivity contribution is 5.20. The summed E-state index contributed by atoms with van der Waals surface area (Å²) in [6, 6.07) is 0.415. The van der Waals surface area contributed by atoms with E-state index in [2.05, 4.69) is 24.3 Å². The molecule has 2 heterocycles. The molecule has 2 rings (SSSR count). The van der Waals surface area contributed by atoms with Gasteiger partial charge in [0.05, 0.1) is 12.3 Å². The molecule has 0 spiro atoms. The average molecular weight is 265 g/mol. The first kappa shape index (κ1) is 14.5. The third kappa shape index (κ3) is 3.80. The van der Waals surface area contributed by atoms with Gasteiger partial charge in [-0.15, -0.1) is 0 Å². The van der Waals surface area contributed by atoms with Crippen LogP contribution in [0.25, 0.3) is 0 Å². The van der Waals surface area contributed by atoms with Crippen molar-refractivity contribution in [3.63, 3.8) is 0 Å². The Balaban J connectivity index is 1.96. The van der Waals surface area contributed by atoms with Crippen LogP contribution in [0, 0.1) is 6.92 Å². The average Bonchev–Trinajstić information content (AvgIpc) is 3.03. The molecule has 1 aliphatic rings. The Labute approximate surface area is 116 Å². The van der Waals surface area contributed by atoms with Crippen LogP contribution in [0.1, 0.15) is 56.3 Å². The molecule has 0 saturated carbocycles. The summed E-state index contributed by atoms with van der Waals surface area (Å²) in [5.41, 5.74) is 2.61. The number of aryl methyl sites for hydroxylation is 1. The Bertz CT molecular complexity index is 383. The highest BCUT2D eigenvalue weighted by Crippen LogP contribution is 2.25. The van der Waals surface area contributed by atoms with Gasteiger partial charge in [0.2, 0.25) is 0 Å². The van der Waals surface area contributed by atoms with Crippen LogP contribution in [0.5, 0.6) is 0 Å². The van der Waals surface area contributed by atoms with Crippen LogP contribution >= 0.6 is 0 Å². The Morgan fingerprint density at radius 3 is 3.00 bits per heavy atom. The zero-order valence-electron chi connectivity index (χ0n) is 12.5. The van der Waals surface area contributed by atoms with Crippen LogP contribution in [0.4, 0.5) is 0 Å². The number of hydrogen-bond acceptors (Lipinski definition) is 3. The number of hydrogen-bond donors (Lipinski definition) is 1. The molecule has 108 valence electrons. The van der Waals surface area contributed by atoms with E-state index in [0.29, 0.717) is 12.1 Å². The van der Waals surface area contributed by atoms with Crippen LogP contribution in [0.3, 0.4) is 0 Å². The minimum Gasteiger partial charge on any atom is -0.378 e. The fraction of sp³-hybridized carbons (Fsp3) is 0.800. The van der Waals surface area contributed by atoms with E-state index >= 15 is 0 Å². The monoisotopic (exact) mass is 265 g/mol. The molecule has 4 nitrogen and oxygen atoms in total. The molecule has 1 N–H and O–H groups in total. The van der Waals surface area contributed by atoms with Gasteiger partial charge >= 0.3 is 0 Å². The van der Waals surface area contributed by atoms with Crippen molar-refractivity contribution in [3.8, 4) is 0 Å². The molecule has 1 aliphatic heterocycles. The van der Waals surface area contributed by atoms with Gasteiger partial charge in [-0.1, -0.05) is 6.92 Å². The molecule has 1 aromatic rings. The molecule has 4 heteroatoms. The highest BCUT2D eigenvalue weighted by atomic mass is 16.5. The predicted molar refractivity (Wildman–Crippen MR) is 77.2 cm³/mol. The third-order valence-corrected chi connectivity index (χ3v) is 4.09. The van der Waals surface area contributed by atoms with Gasteiger partial charge in [-0.3, -0.25) is 4.68 Å². The van der Waals surface area contributed by atoms with Crippen molar-refractivity contribution in [1.29, 1.82) is 0 Å². The fourth-order valence-corrected chi connectivity index (χ4v) is 2.77.